The van der Waals surface area contributed by atoms with Gasteiger partial charge in [0.15, 0.2) is 6.61 Å². The number of unbranched alkanes of at least 4 members (excludes halogenated alkanes) is 7. The minimum atomic E-state index is -0.154. The van der Waals surface area contributed by atoms with Gasteiger partial charge in [-0.2, -0.15) is 0 Å². The molecule has 71 heavy (non-hydrogen) atoms. The second-order valence-electron chi connectivity index (χ2n) is 19.4. The summed E-state index contributed by atoms with van der Waals surface area (Å²) < 4.78 is 19.6. The molecule has 2 unspecified atom stereocenters. The lowest BCUT2D eigenvalue weighted by Crippen LogP contribution is -2.54. The minimum absolute atomic E-state index is 0.00883. The van der Waals surface area contributed by atoms with E-state index in [0.29, 0.717) is 85.3 Å². The van der Waals surface area contributed by atoms with Crippen LogP contribution in [-0.4, -0.2) is 114 Å². The molecule has 3 aliphatic rings. The number of piperazine rings is 1. The van der Waals surface area contributed by atoms with Gasteiger partial charge >= 0.3 is 5.97 Å². The molecule has 1 amide bonds. The molecule has 0 aliphatic carbocycles. The summed E-state index contributed by atoms with van der Waals surface area (Å²) >= 11 is 0. The van der Waals surface area contributed by atoms with Crippen molar-refractivity contribution in [1.82, 2.24) is 29.6 Å². The van der Waals surface area contributed by atoms with Gasteiger partial charge in [0.25, 0.3) is 11.5 Å². The Labute approximate surface area is 420 Å². The lowest BCUT2D eigenvalue weighted by Gasteiger charge is -2.48. The number of fused-ring (bicyclic) bond motifs is 3. The molecule has 8 rings (SSSR count). The first-order chi connectivity index (χ1) is 34.9. The molecule has 0 radical (unpaired) electrons. The van der Waals surface area contributed by atoms with E-state index in [-0.39, 0.29) is 36.6 Å². The SMILES string of the molecule is CCOc1ccccc1-n1c(CN2CCN(C(=O)COc3ccc(CNCCCCCCCCCCN4C5CCCC4CC(OC(=O)Cc4ccccc4NOC)C5)cc3)CC2)nc2ccccc2c1=O. The predicted octanol–water partition coefficient (Wildman–Crippen LogP) is 8.86. The Balaban J connectivity index is 0.654. The van der Waals surface area contributed by atoms with E-state index < -0.39 is 0 Å². The summed E-state index contributed by atoms with van der Waals surface area (Å²) in [5, 5.41) is 4.15. The first-order valence-electron chi connectivity index (χ1n) is 26.3. The quantitative estimate of drug-likeness (QED) is 0.0311. The number of aromatic nitrogens is 2. The number of nitrogens with one attached hydrogen (secondary N) is 2. The molecule has 5 aromatic rings. The molecule has 2 bridgehead atoms. The molecule has 0 spiro atoms. The number of para-hydroxylation sites is 4. The summed E-state index contributed by atoms with van der Waals surface area (Å²) in [4.78, 5) is 56.9. The summed E-state index contributed by atoms with van der Waals surface area (Å²) in [6.45, 7) is 8.28. The number of hydrogen-bond donors (Lipinski definition) is 2. The van der Waals surface area contributed by atoms with Gasteiger partial charge in [-0.3, -0.25) is 39.1 Å². The molecule has 14 nitrogen and oxygen atoms in total. The molecule has 14 heteroatoms. The first-order valence-corrected chi connectivity index (χ1v) is 26.3. The maximum Gasteiger partial charge on any atom is 0.310 e. The molecule has 2 atom stereocenters. The zero-order chi connectivity index (χ0) is 49.2. The summed E-state index contributed by atoms with van der Waals surface area (Å²) in [7, 11) is 1.57. The van der Waals surface area contributed by atoms with Crippen molar-refractivity contribution in [3.8, 4) is 17.2 Å². The Morgan fingerprint density at radius 3 is 2.21 bits per heavy atom. The van der Waals surface area contributed by atoms with Crippen molar-refractivity contribution in [1.29, 1.82) is 0 Å². The lowest BCUT2D eigenvalue weighted by atomic mass is 9.82. The number of benzene rings is 4. The van der Waals surface area contributed by atoms with Crippen LogP contribution in [0.5, 0.6) is 11.5 Å². The molecule has 380 valence electrons. The maximum absolute atomic E-state index is 13.9. The van der Waals surface area contributed by atoms with Crippen LogP contribution in [0.2, 0.25) is 0 Å². The summed E-state index contributed by atoms with van der Waals surface area (Å²) in [5.41, 5.74) is 6.95. The van der Waals surface area contributed by atoms with Crippen molar-refractivity contribution in [2.45, 2.75) is 128 Å². The number of carbonyl (C=O) groups is 2. The topological polar surface area (TPSA) is 140 Å². The van der Waals surface area contributed by atoms with Gasteiger partial charge in [0, 0.05) is 57.6 Å². The Bertz CT molecular complexity index is 2510. The van der Waals surface area contributed by atoms with Gasteiger partial charge < -0.3 is 24.4 Å². The largest absolute Gasteiger partial charge is 0.492 e. The van der Waals surface area contributed by atoms with Crippen LogP contribution in [0.25, 0.3) is 16.6 Å². The van der Waals surface area contributed by atoms with Crippen molar-refractivity contribution in [3.63, 3.8) is 0 Å². The average molecular weight is 970 g/mol. The van der Waals surface area contributed by atoms with Crippen LogP contribution < -0.4 is 25.8 Å². The first kappa shape index (κ1) is 51.6. The number of amides is 1. The van der Waals surface area contributed by atoms with Crippen LogP contribution in [0.1, 0.15) is 107 Å². The average Bonchev–Trinajstić information content (AvgIpc) is 3.38. The zero-order valence-corrected chi connectivity index (χ0v) is 42.0. The van der Waals surface area contributed by atoms with Crippen molar-refractivity contribution in [3.05, 3.63) is 124 Å². The Hall–Kier alpha value is -5.80. The predicted molar refractivity (Wildman–Crippen MR) is 279 cm³/mol. The monoisotopic (exact) mass is 970 g/mol. The van der Waals surface area contributed by atoms with Gasteiger partial charge in [-0.25, -0.2) is 4.98 Å². The van der Waals surface area contributed by atoms with Crippen LogP contribution >= 0.6 is 0 Å². The molecule has 4 heterocycles. The number of carbonyl (C=O) groups excluding carboxylic acids is 2. The van der Waals surface area contributed by atoms with Crippen LogP contribution in [0.3, 0.4) is 0 Å². The minimum Gasteiger partial charge on any atom is -0.492 e. The Morgan fingerprint density at radius 2 is 1.45 bits per heavy atom. The molecule has 3 saturated heterocycles. The number of piperidine rings is 2. The number of ether oxygens (including phenoxy) is 3. The number of hydrogen-bond acceptors (Lipinski definition) is 12. The van der Waals surface area contributed by atoms with Gasteiger partial charge in [0.05, 0.1) is 49.0 Å². The number of nitrogens with zero attached hydrogens (tertiary/aromatic N) is 5. The zero-order valence-electron chi connectivity index (χ0n) is 42.0. The van der Waals surface area contributed by atoms with E-state index in [0.717, 1.165) is 37.2 Å². The number of esters is 1. The van der Waals surface area contributed by atoms with E-state index in [1.165, 1.54) is 82.7 Å². The van der Waals surface area contributed by atoms with Crippen LogP contribution in [0.15, 0.2) is 102 Å². The summed E-state index contributed by atoms with van der Waals surface area (Å²) in [6, 6.07) is 31.8. The highest BCUT2D eigenvalue weighted by Crippen LogP contribution is 2.36. The second-order valence-corrected chi connectivity index (χ2v) is 19.4. The van der Waals surface area contributed by atoms with Crippen molar-refractivity contribution >= 4 is 28.5 Å². The Morgan fingerprint density at radius 1 is 0.761 bits per heavy atom. The number of anilines is 1. The van der Waals surface area contributed by atoms with Crippen LogP contribution in [-0.2, 0) is 38.7 Å². The molecular weight excluding hydrogens is 895 g/mol. The van der Waals surface area contributed by atoms with Gasteiger partial charge in [0.1, 0.15) is 23.4 Å². The third kappa shape index (κ3) is 14.4. The van der Waals surface area contributed by atoms with E-state index in [2.05, 4.69) is 32.7 Å². The van der Waals surface area contributed by atoms with Gasteiger partial charge in [-0.15, -0.1) is 0 Å². The van der Waals surface area contributed by atoms with Crippen molar-refractivity contribution in [2.75, 3.05) is 65.1 Å². The standard InChI is InChI=1S/C57H75N7O7/c1-3-69-53-26-15-14-25-52(53)64-54(59-51-24-13-11-22-49(51)57(64)67)41-61-33-35-62(36-34-61)55(65)42-70-47-29-27-43(28-30-47)40-58-31-16-8-6-4-5-7-9-17-32-63-45-20-18-21-46(63)39-48(38-45)71-56(66)37-44-19-10-12-23-50(44)60-68-2/h10-15,19,22-30,45-46,48,58,60H,3-9,16-18,20-21,31-42H2,1-2H3. The summed E-state index contributed by atoms with van der Waals surface area (Å²) in [5.74, 6) is 1.76. The third-order valence-corrected chi connectivity index (χ3v) is 14.4. The van der Waals surface area contributed by atoms with Crippen molar-refractivity contribution < 1.29 is 28.6 Å². The van der Waals surface area contributed by atoms with Gasteiger partial charge in [0.2, 0.25) is 0 Å². The second kappa shape index (κ2) is 26.6. The van der Waals surface area contributed by atoms with Crippen LogP contribution in [0.4, 0.5) is 5.69 Å². The summed E-state index contributed by atoms with van der Waals surface area (Å²) in [6.07, 6.45) is 16.0. The van der Waals surface area contributed by atoms with Gasteiger partial charge in [-0.1, -0.05) is 99.5 Å². The van der Waals surface area contributed by atoms with E-state index in [1.54, 1.807) is 11.7 Å². The highest BCUT2D eigenvalue weighted by atomic mass is 16.6. The molecule has 4 aromatic carbocycles. The highest BCUT2D eigenvalue weighted by Gasteiger charge is 2.39. The molecule has 3 aliphatic heterocycles. The number of rotatable bonds is 26. The van der Waals surface area contributed by atoms with E-state index in [9.17, 15) is 14.4 Å². The molecule has 3 fully saturated rings. The Kier molecular flexibility index (Phi) is 19.3. The van der Waals surface area contributed by atoms with E-state index in [4.69, 9.17) is 24.0 Å². The molecular formula is C57H75N7O7. The lowest BCUT2D eigenvalue weighted by molar-refractivity contribution is -0.154. The fourth-order valence-electron chi connectivity index (χ4n) is 10.7. The van der Waals surface area contributed by atoms with Crippen molar-refractivity contribution in [2.24, 2.45) is 0 Å². The normalized spacial score (nSPS) is 18.3. The molecule has 2 N–H and O–H groups in total. The van der Waals surface area contributed by atoms with Gasteiger partial charge in [-0.05, 0) is 99.3 Å². The van der Waals surface area contributed by atoms with E-state index in [1.807, 2.05) is 96.8 Å². The fraction of sp³-hybridized carbons (Fsp3) is 0.509. The molecule has 0 saturated carbocycles. The maximum atomic E-state index is 13.9. The fourth-order valence-corrected chi connectivity index (χ4v) is 10.7. The third-order valence-electron chi connectivity index (χ3n) is 14.4. The highest BCUT2D eigenvalue weighted by molar-refractivity contribution is 5.79. The smallest absolute Gasteiger partial charge is 0.310 e. The van der Waals surface area contributed by atoms with Crippen LogP contribution in [0, 0.1) is 0 Å². The van der Waals surface area contributed by atoms with E-state index >= 15 is 0 Å². The molecule has 1 aromatic heterocycles.